The van der Waals surface area contributed by atoms with Gasteiger partial charge < -0.3 is 4.57 Å². The molecule has 2 aromatic rings. The number of H-pyrrole nitrogens is 1. The van der Waals surface area contributed by atoms with Crippen molar-refractivity contribution in [2.24, 2.45) is 0 Å². The third-order valence-electron chi connectivity index (χ3n) is 2.93. The second kappa shape index (κ2) is 4.14. The third kappa shape index (κ3) is 1.97. The first-order valence-electron chi connectivity index (χ1n) is 5.51. The minimum absolute atomic E-state index is 0.649. The highest BCUT2D eigenvalue weighted by Crippen LogP contribution is 2.38. The fraction of sp³-hybridized carbons (Fsp3) is 0.455. The van der Waals surface area contributed by atoms with Gasteiger partial charge in [-0.1, -0.05) is 0 Å². The van der Waals surface area contributed by atoms with Crippen molar-refractivity contribution in [1.82, 2.24) is 14.8 Å². The summed E-state index contributed by atoms with van der Waals surface area (Å²) >= 11 is 7.01. The number of nitrogens with zero attached hydrogens (tertiary/aromatic N) is 2. The molecule has 2 aromatic heterocycles. The molecule has 1 fully saturated rings. The SMILES string of the molecule is S=c1[nH]nc(C2CC2)n1CCc1ccsc1. The molecule has 0 radical (unpaired) electrons. The van der Waals surface area contributed by atoms with E-state index in [9.17, 15) is 0 Å². The van der Waals surface area contributed by atoms with E-state index in [4.69, 9.17) is 12.2 Å². The van der Waals surface area contributed by atoms with Gasteiger partial charge in [-0.2, -0.15) is 16.4 Å². The fourth-order valence-corrected chi connectivity index (χ4v) is 2.81. The van der Waals surface area contributed by atoms with Crippen LogP contribution in [0.5, 0.6) is 0 Å². The molecule has 3 rings (SSSR count). The molecule has 0 aromatic carbocycles. The summed E-state index contributed by atoms with van der Waals surface area (Å²) in [4.78, 5) is 0. The van der Waals surface area contributed by atoms with Crippen LogP contribution in [0.25, 0.3) is 0 Å². The van der Waals surface area contributed by atoms with Crippen molar-refractivity contribution in [1.29, 1.82) is 0 Å². The lowest BCUT2D eigenvalue weighted by molar-refractivity contribution is 0.646. The van der Waals surface area contributed by atoms with Gasteiger partial charge in [-0.15, -0.1) is 0 Å². The average molecular weight is 251 g/mol. The topological polar surface area (TPSA) is 33.6 Å². The van der Waals surface area contributed by atoms with Crippen molar-refractivity contribution >= 4 is 23.6 Å². The highest BCUT2D eigenvalue weighted by Gasteiger charge is 2.28. The van der Waals surface area contributed by atoms with Gasteiger partial charge in [-0.25, -0.2) is 0 Å². The number of rotatable bonds is 4. The Labute approximate surface area is 103 Å². The van der Waals surface area contributed by atoms with E-state index in [2.05, 4.69) is 31.6 Å². The van der Waals surface area contributed by atoms with Gasteiger partial charge in [0.1, 0.15) is 5.82 Å². The van der Waals surface area contributed by atoms with Crippen LogP contribution in [0.3, 0.4) is 0 Å². The molecule has 2 heterocycles. The molecular formula is C11H13N3S2. The molecule has 1 aliphatic rings. The van der Waals surface area contributed by atoms with Crippen molar-refractivity contribution in [3.63, 3.8) is 0 Å². The molecule has 0 bridgehead atoms. The smallest absolute Gasteiger partial charge is 0.195 e. The van der Waals surface area contributed by atoms with Crippen LogP contribution in [0.1, 0.15) is 30.1 Å². The third-order valence-corrected chi connectivity index (χ3v) is 3.98. The Morgan fingerprint density at radius 3 is 3.12 bits per heavy atom. The van der Waals surface area contributed by atoms with Crippen LogP contribution in [-0.2, 0) is 13.0 Å². The summed E-state index contributed by atoms with van der Waals surface area (Å²) in [6.45, 7) is 0.942. The van der Waals surface area contributed by atoms with Crippen molar-refractivity contribution in [2.45, 2.75) is 31.7 Å². The standard InChI is InChI=1S/C11H13N3S2/c15-11-13-12-10(9-1-2-9)14(11)5-3-8-4-6-16-7-8/h4,6-7,9H,1-3,5H2,(H,13,15). The van der Waals surface area contributed by atoms with Gasteiger partial charge in [-0.05, 0) is 53.9 Å². The summed E-state index contributed by atoms with van der Waals surface area (Å²) in [6.07, 6.45) is 3.56. The van der Waals surface area contributed by atoms with Crippen molar-refractivity contribution in [3.8, 4) is 0 Å². The van der Waals surface area contributed by atoms with E-state index in [0.717, 1.165) is 23.6 Å². The van der Waals surface area contributed by atoms with Gasteiger partial charge in [0.2, 0.25) is 0 Å². The summed E-state index contributed by atoms with van der Waals surface area (Å²) in [5, 5.41) is 11.5. The molecule has 1 N–H and O–H groups in total. The summed E-state index contributed by atoms with van der Waals surface area (Å²) in [6, 6.07) is 2.17. The van der Waals surface area contributed by atoms with Gasteiger partial charge in [0, 0.05) is 12.5 Å². The van der Waals surface area contributed by atoms with Crippen LogP contribution in [-0.4, -0.2) is 14.8 Å². The molecule has 0 atom stereocenters. The van der Waals surface area contributed by atoms with Crippen LogP contribution < -0.4 is 0 Å². The molecule has 1 aliphatic carbocycles. The second-order valence-electron chi connectivity index (χ2n) is 4.19. The Morgan fingerprint density at radius 1 is 1.56 bits per heavy atom. The van der Waals surface area contributed by atoms with Gasteiger partial charge in [0.25, 0.3) is 0 Å². The van der Waals surface area contributed by atoms with E-state index in [1.54, 1.807) is 11.3 Å². The Hall–Kier alpha value is -0.940. The van der Waals surface area contributed by atoms with Crippen LogP contribution in [0, 0.1) is 4.77 Å². The molecule has 5 heteroatoms. The van der Waals surface area contributed by atoms with Gasteiger partial charge >= 0.3 is 0 Å². The predicted molar refractivity (Wildman–Crippen MR) is 67.4 cm³/mol. The number of aromatic nitrogens is 3. The highest BCUT2D eigenvalue weighted by atomic mass is 32.1. The molecule has 0 saturated heterocycles. The number of hydrogen-bond acceptors (Lipinski definition) is 3. The van der Waals surface area contributed by atoms with E-state index in [1.807, 2.05) is 0 Å². The molecule has 16 heavy (non-hydrogen) atoms. The van der Waals surface area contributed by atoms with Crippen molar-refractivity contribution in [2.75, 3.05) is 0 Å². The number of hydrogen-bond donors (Lipinski definition) is 1. The maximum atomic E-state index is 5.26. The zero-order valence-corrected chi connectivity index (χ0v) is 10.5. The zero-order valence-electron chi connectivity index (χ0n) is 8.85. The number of thiophene rings is 1. The molecule has 0 amide bonds. The van der Waals surface area contributed by atoms with Gasteiger partial charge in [-0.3, -0.25) is 5.10 Å². The highest BCUT2D eigenvalue weighted by molar-refractivity contribution is 7.71. The molecule has 0 unspecified atom stereocenters. The molecular weight excluding hydrogens is 238 g/mol. The lowest BCUT2D eigenvalue weighted by Crippen LogP contribution is -2.05. The summed E-state index contributed by atoms with van der Waals surface area (Å²) < 4.78 is 2.92. The fourth-order valence-electron chi connectivity index (χ4n) is 1.87. The van der Waals surface area contributed by atoms with E-state index in [0.29, 0.717) is 5.92 Å². The first kappa shape index (κ1) is 10.2. The lowest BCUT2D eigenvalue weighted by Gasteiger charge is -2.04. The number of aryl methyl sites for hydroxylation is 1. The molecule has 3 nitrogen and oxygen atoms in total. The van der Waals surface area contributed by atoms with Crippen LogP contribution >= 0.6 is 23.6 Å². The Kier molecular flexibility index (Phi) is 2.65. The van der Waals surface area contributed by atoms with Crippen LogP contribution in [0.2, 0.25) is 0 Å². The predicted octanol–water partition coefficient (Wildman–Crippen LogP) is 3.12. The quantitative estimate of drug-likeness (QED) is 0.847. The van der Waals surface area contributed by atoms with E-state index in [-0.39, 0.29) is 0 Å². The Morgan fingerprint density at radius 2 is 2.44 bits per heavy atom. The molecule has 1 saturated carbocycles. The Bertz CT molecular complexity index is 520. The maximum absolute atomic E-state index is 5.26. The largest absolute Gasteiger partial charge is 0.304 e. The first-order valence-corrected chi connectivity index (χ1v) is 6.86. The lowest BCUT2D eigenvalue weighted by atomic mass is 10.2. The first-order chi connectivity index (χ1) is 7.84. The van der Waals surface area contributed by atoms with Gasteiger partial charge in [0.15, 0.2) is 4.77 Å². The zero-order chi connectivity index (χ0) is 11.0. The molecule has 0 spiro atoms. The second-order valence-corrected chi connectivity index (χ2v) is 5.36. The number of aromatic amines is 1. The van der Waals surface area contributed by atoms with Crippen molar-refractivity contribution < 1.29 is 0 Å². The van der Waals surface area contributed by atoms with E-state index in [1.165, 1.54) is 18.4 Å². The van der Waals surface area contributed by atoms with Crippen LogP contribution in [0.15, 0.2) is 16.8 Å². The average Bonchev–Trinajstić information content (AvgIpc) is 2.87. The van der Waals surface area contributed by atoms with Crippen molar-refractivity contribution in [3.05, 3.63) is 33.0 Å². The monoisotopic (exact) mass is 251 g/mol. The Balaban J connectivity index is 1.78. The summed E-state index contributed by atoms with van der Waals surface area (Å²) in [5.74, 6) is 1.80. The minimum atomic E-state index is 0.649. The van der Waals surface area contributed by atoms with E-state index < -0.39 is 0 Å². The van der Waals surface area contributed by atoms with Crippen LogP contribution in [0.4, 0.5) is 0 Å². The number of nitrogens with one attached hydrogen (secondary N) is 1. The minimum Gasteiger partial charge on any atom is -0.304 e. The summed E-state index contributed by atoms with van der Waals surface area (Å²) in [5.41, 5.74) is 1.38. The molecule has 0 aliphatic heterocycles. The summed E-state index contributed by atoms with van der Waals surface area (Å²) in [7, 11) is 0. The van der Waals surface area contributed by atoms with E-state index >= 15 is 0 Å². The maximum Gasteiger partial charge on any atom is 0.195 e. The van der Waals surface area contributed by atoms with Gasteiger partial charge in [0.05, 0.1) is 0 Å². The molecule has 84 valence electrons. The normalized spacial score (nSPS) is 15.5.